The van der Waals surface area contributed by atoms with E-state index in [0.29, 0.717) is 28.5 Å². The van der Waals surface area contributed by atoms with E-state index >= 15 is 0 Å². The Hall–Kier alpha value is -1.46. The second-order valence-corrected chi connectivity index (χ2v) is 4.38. The van der Waals surface area contributed by atoms with Crippen molar-refractivity contribution in [1.29, 1.82) is 0 Å². The van der Waals surface area contributed by atoms with Gasteiger partial charge in [0.15, 0.2) is 11.5 Å². The Morgan fingerprint density at radius 1 is 1.42 bits per heavy atom. The highest BCUT2D eigenvalue weighted by atomic mass is 35.5. The van der Waals surface area contributed by atoms with Crippen LogP contribution in [0.5, 0.6) is 11.5 Å². The number of carboxylic acid groups (broad SMARTS) is 1. The van der Waals surface area contributed by atoms with Gasteiger partial charge in [-0.2, -0.15) is 0 Å². The average molecular weight is 288 g/mol. The van der Waals surface area contributed by atoms with Crippen LogP contribution >= 0.6 is 11.6 Å². The third-order valence-electron chi connectivity index (χ3n) is 3.00. The second-order valence-electron chi connectivity index (χ2n) is 3.97. The van der Waals surface area contributed by atoms with Crippen LogP contribution in [-0.2, 0) is 11.2 Å². The van der Waals surface area contributed by atoms with E-state index in [4.69, 9.17) is 26.8 Å². The summed E-state index contributed by atoms with van der Waals surface area (Å²) in [6.07, 6.45) is 0.593. The Labute approximate surface area is 117 Å². The monoisotopic (exact) mass is 287 g/mol. The summed E-state index contributed by atoms with van der Waals surface area (Å²) in [4.78, 5) is 11.3. The zero-order chi connectivity index (χ0) is 14.6. The van der Waals surface area contributed by atoms with Crippen LogP contribution in [0.2, 0.25) is 5.02 Å². The standard InChI is InChI=1S/C13H18ClNO4/c1-4-7-8(9(6-15)13(16)17)5-10(14)12(19-3)11(7)18-2/h5,9H,4,6,15H2,1-3H3,(H,16,17). The van der Waals surface area contributed by atoms with Gasteiger partial charge in [0.25, 0.3) is 0 Å². The third-order valence-corrected chi connectivity index (χ3v) is 3.28. The maximum absolute atomic E-state index is 11.3. The lowest BCUT2D eigenvalue weighted by Crippen LogP contribution is -2.22. The highest BCUT2D eigenvalue weighted by Gasteiger charge is 2.26. The summed E-state index contributed by atoms with van der Waals surface area (Å²) in [5, 5.41) is 9.54. The fourth-order valence-corrected chi connectivity index (χ4v) is 2.39. The molecular formula is C13H18ClNO4. The van der Waals surface area contributed by atoms with Crippen LogP contribution in [0.15, 0.2) is 6.07 Å². The molecule has 0 aromatic heterocycles. The summed E-state index contributed by atoms with van der Waals surface area (Å²) < 4.78 is 10.5. The maximum Gasteiger partial charge on any atom is 0.312 e. The second kappa shape index (κ2) is 6.63. The predicted octanol–water partition coefficient (Wildman–Crippen LogP) is 2.05. The Kier molecular flexibility index (Phi) is 5.44. The van der Waals surface area contributed by atoms with Crippen LogP contribution in [-0.4, -0.2) is 31.8 Å². The van der Waals surface area contributed by atoms with E-state index in [2.05, 4.69) is 0 Å². The topological polar surface area (TPSA) is 81.8 Å². The summed E-state index contributed by atoms with van der Waals surface area (Å²) in [6, 6.07) is 1.59. The molecule has 0 bridgehead atoms. The van der Waals surface area contributed by atoms with Crippen LogP contribution in [0.3, 0.4) is 0 Å². The molecule has 1 atom stereocenters. The molecule has 0 heterocycles. The van der Waals surface area contributed by atoms with Crippen molar-refractivity contribution in [3.05, 3.63) is 22.2 Å². The fraction of sp³-hybridized carbons (Fsp3) is 0.462. The van der Waals surface area contributed by atoms with Crippen molar-refractivity contribution in [1.82, 2.24) is 0 Å². The Balaban J connectivity index is 3.56. The van der Waals surface area contributed by atoms with Crippen molar-refractivity contribution in [2.24, 2.45) is 5.73 Å². The molecule has 1 unspecified atom stereocenters. The van der Waals surface area contributed by atoms with Crippen LogP contribution in [0, 0.1) is 0 Å². The van der Waals surface area contributed by atoms with Gasteiger partial charge in [-0.1, -0.05) is 18.5 Å². The smallest absolute Gasteiger partial charge is 0.312 e. The number of hydrogen-bond acceptors (Lipinski definition) is 4. The van der Waals surface area contributed by atoms with E-state index in [-0.39, 0.29) is 6.54 Å². The van der Waals surface area contributed by atoms with E-state index < -0.39 is 11.9 Å². The van der Waals surface area contributed by atoms with Crippen molar-refractivity contribution in [2.45, 2.75) is 19.3 Å². The Morgan fingerprint density at radius 3 is 2.37 bits per heavy atom. The van der Waals surface area contributed by atoms with Crippen molar-refractivity contribution in [2.75, 3.05) is 20.8 Å². The van der Waals surface area contributed by atoms with Gasteiger partial charge in [-0.3, -0.25) is 4.79 Å². The molecule has 19 heavy (non-hydrogen) atoms. The molecular weight excluding hydrogens is 270 g/mol. The lowest BCUT2D eigenvalue weighted by atomic mass is 9.92. The third kappa shape index (κ3) is 2.93. The minimum absolute atomic E-state index is 0.00581. The summed E-state index contributed by atoms with van der Waals surface area (Å²) in [7, 11) is 2.98. The predicted molar refractivity (Wildman–Crippen MR) is 73.4 cm³/mol. The molecule has 0 aliphatic heterocycles. The van der Waals surface area contributed by atoms with Crippen LogP contribution in [0.25, 0.3) is 0 Å². The molecule has 0 aliphatic carbocycles. The highest BCUT2D eigenvalue weighted by molar-refractivity contribution is 6.32. The molecule has 0 amide bonds. The number of rotatable bonds is 6. The SMILES string of the molecule is CCc1c(C(CN)C(=O)O)cc(Cl)c(OC)c1OC. The highest BCUT2D eigenvalue weighted by Crippen LogP contribution is 2.42. The van der Waals surface area contributed by atoms with Gasteiger partial charge in [0.1, 0.15) is 0 Å². The molecule has 5 nitrogen and oxygen atoms in total. The van der Waals surface area contributed by atoms with Gasteiger partial charge in [-0.25, -0.2) is 0 Å². The summed E-state index contributed by atoms with van der Waals surface area (Å²) in [5.41, 5.74) is 6.87. The quantitative estimate of drug-likeness (QED) is 0.837. The van der Waals surface area contributed by atoms with Gasteiger partial charge < -0.3 is 20.3 Å². The van der Waals surface area contributed by atoms with Gasteiger partial charge in [0.05, 0.1) is 25.2 Å². The molecule has 0 spiro atoms. The molecule has 0 saturated carbocycles. The van der Waals surface area contributed by atoms with E-state index in [1.54, 1.807) is 6.07 Å². The number of aliphatic carboxylic acids is 1. The lowest BCUT2D eigenvalue weighted by Gasteiger charge is -2.20. The average Bonchev–Trinajstić information content (AvgIpc) is 2.38. The van der Waals surface area contributed by atoms with Crippen LogP contribution in [0.4, 0.5) is 0 Å². The number of halogens is 1. The summed E-state index contributed by atoms with van der Waals surface area (Å²) >= 11 is 6.11. The van der Waals surface area contributed by atoms with Crippen LogP contribution < -0.4 is 15.2 Å². The minimum Gasteiger partial charge on any atom is -0.493 e. The van der Waals surface area contributed by atoms with Crippen molar-refractivity contribution >= 4 is 17.6 Å². The van der Waals surface area contributed by atoms with Crippen molar-refractivity contribution < 1.29 is 19.4 Å². The number of carbonyl (C=O) groups is 1. The normalized spacial score (nSPS) is 12.1. The zero-order valence-electron chi connectivity index (χ0n) is 11.2. The first kappa shape index (κ1) is 15.6. The first-order valence-corrected chi connectivity index (χ1v) is 6.25. The zero-order valence-corrected chi connectivity index (χ0v) is 12.0. The lowest BCUT2D eigenvalue weighted by molar-refractivity contribution is -0.138. The van der Waals surface area contributed by atoms with Gasteiger partial charge in [0, 0.05) is 12.1 Å². The number of nitrogens with two attached hydrogens (primary N) is 1. The van der Waals surface area contributed by atoms with Gasteiger partial charge >= 0.3 is 5.97 Å². The number of ether oxygens (including phenoxy) is 2. The first-order chi connectivity index (χ1) is 9.01. The van der Waals surface area contributed by atoms with Crippen LogP contribution in [0.1, 0.15) is 24.0 Å². The van der Waals surface area contributed by atoms with Gasteiger partial charge in [-0.05, 0) is 18.1 Å². The largest absolute Gasteiger partial charge is 0.493 e. The molecule has 6 heteroatoms. The molecule has 1 rings (SSSR count). The summed E-state index contributed by atoms with van der Waals surface area (Å²) in [6.45, 7) is 1.90. The Bertz CT molecular complexity index is 476. The van der Waals surface area contributed by atoms with E-state index in [1.807, 2.05) is 6.92 Å². The van der Waals surface area contributed by atoms with Gasteiger partial charge in [-0.15, -0.1) is 0 Å². The molecule has 106 valence electrons. The Morgan fingerprint density at radius 2 is 2.00 bits per heavy atom. The minimum atomic E-state index is -0.986. The summed E-state index contributed by atoms with van der Waals surface area (Å²) in [5.74, 6) is -0.925. The number of methoxy groups -OCH3 is 2. The molecule has 0 saturated heterocycles. The van der Waals surface area contributed by atoms with E-state index in [1.165, 1.54) is 14.2 Å². The van der Waals surface area contributed by atoms with Crippen molar-refractivity contribution in [3.8, 4) is 11.5 Å². The number of carboxylic acids is 1. The van der Waals surface area contributed by atoms with E-state index in [9.17, 15) is 9.90 Å². The van der Waals surface area contributed by atoms with Gasteiger partial charge in [0.2, 0.25) is 0 Å². The number of hydrogen-bond donors (Lipinski definition) is 2. The number of benzene rings is 1. The maximum atomic E-state index is 11.3. The molecule has 0 aliphatic rings. The molecule has 3 N–H and O–H groups in total. The fourth-order valence-electron chi connectivity index (χ4n) is 2.11. The van der Waals surface area contributed by atoms with Crippen molar-refractivity contribution in [3.63, 3.8) is 0 Å². The molecule has 1 aromatic rings. The molecule has 0 radical (unpaired) electrons. The molecule has 1 aromatic carbocycles. The molecule has 0 fully saturated rings. The van der Waals surface area contributed by atoms with E-state index in [0.717, 1.165) is 5.56 Å². The first-order valence-electron chi connectivity index (χ1n) is 5.87.